The van der Waals surface area contributed by atoms with Crippen molar-refractivity contribution in [3.8, 4) is 0 Å². The molecule has 2 N–H and O–H groups in total. The van der Waals surface area contributed by atoms with Gasteiger partial charge >= 0.3 is 0 Å². The number of halogens is 1. The van der Waals surface area contributed by atoms with Gasteiger partial charge in [0.15, 0.2) is 0 Å². The molecule has 3 rings (SSSR count). The lowest BCUT2D eigenvalue weighted by atomic mass is 10.0. The first kappa shape index (κ1) is 23.0. The van der Waals surface area contributed by atoms with Crippen LogP contribution >= 0.6 is 0 Å². The molecule has 8 nitrogen and oxygen atoms in total. The zero-order valence-corrected chi connectivity index (χ0v) is 17.8. The Morgan fingerprint density at radius 3 is 2.34 bits per heavy atom. The van der Waals surface area contributed by atoms with Crippen LogP contribution in [0.2, 0.25) is 0 Å². The third-order valence-electron chi connectivity index (χ3n) is 4.65. The Morgan fingerprint density at radius 2 is 1.72 bits per heavy atom. The molecular weight excluding hydrogens is 437 g/mol. The second-order valence-corrected chi connectivity index (χ2v) is 8.78. The van der Waals surface area contributed by atoms with Crippen LogP contribution in [0.1, 0.15) is 23.6 Å². The molecule has 0 saturated heterocycles. The molecule has 0 radical (unpaired) electrons. The van der Waals surface area contributed by atoms with E-state index in [0.29, 0.717) is 5.56 Å². The lowest BCUT2D eigenvalue weighted by Crippen LogP contribution is -2.31. The van der Waals surface area contributed by atoms with Crippen molar-refractivity contribution in [1.29, 1.82) is 0 Å². The molecule has 0 bridgehead atoms. The van der Waals surface area contributed by atoms with Gasteiger partial charge in [-0.3, -0.25) is 14.9 Å². The van der Waals surface area contributed by atoms with E-state index in [1.807, 2.05) is 6.92 Å². The molecule has 0 spiro atoms. The summed E-state index contributed by atoms with van der Waals surface area (Å²) >= 11 is 0. The van der Waals surface area contributed by atoms with Crippen LogP contribution in [0.5, 0.6) is 0 Å². The van der Waals surface area contributed by atoms with Crippen LogP contribution in [0.15, 0.2) is 77.7 Å². The smallest absolute Gasteiger partial charge is 0.292 e. The van der Waals surface area contributed by atoms with Crippen LogP contribution in [-0.2, 0) is 14.8 Å². The largest absolute Gasteiger partial charge is 0.320 e. The van der Waals surface area contributed by atoms with E-state index < -0.39 is 38.4 Å². The average molecular weight is 457 g/mol. The number of carbonyl (C=O) groups excluding carboxylic acids is 1. The summed E-state index contributed by atoms with van der Waals surface area (Å²) in [5.74, 6) is -1.48. The number of hydrogen-bond donors (Lipinski definition) is 2. The van der Waals surface area contributed by atoms with E-state index >= 15 is 0 Å². The SMILES string of the molecule is Cc1ccc(S(=O)(=O)N[C@H](CC(=O)Nc2cc(F)ccc2[N+](=O)[O-])c2ccccc2)cc1. The van der Waals surface area contributed by atoms with Gasteiger partial charge in [-0.05, 0) is 30.7 Å². The number of carbonyl (C=O) groups is 1. The lowest BCUT2D eigenvalue weighted by Gasteiger charge is -2.19. The Hall–Kier alpha value is -3.63. The molecule has 0 heterocycles. The van der Waals surface area contributed by atoms with Crippen molar-refractivity contribution >= 4 is 27.3 Å². The number of amides is 1. The molecule has 0 saturated carbocycles. The van der Waals surface area contributed by atoms with E-state index in [0.717, 1.165) is 23.8 Å². The quantitative estimate of drug-likeness (QED) is 0.390. The van der Waals surface area contributed by atoms with Crippen molar-refractivity contribution in [2.45, 2.75) is 24.3 Å². The summed E-state index contributed by atoms with van der Waals surface area (Å²) < 4.78 is 41.8. The molecule has 1 atom stereocenters. The fourth-order valence-corrected chi connectivity index (χ4v) is 4.26. The monoisotopic (exact) mass is 457 g/mol. The summed E-state index contributed by atoms with van der Waals surface area (Å²) in [5.41, 5.74) is 0.621. The summed E-state index contributed by atoms with van der Waals surface area (Å²) in [5, 5.41) is 13.5. The molecule has 0 aliphatic carbocycles. The fraction of sp³-hybridized carbons (Fsp3) is 0.136. The van der Waals surface area contributed by atoms with E-state index in [2.05, 4.69) is 10.0 Å². The van der Waals surface area contributed by atoms with Gasteiger partial charge in [0.2, 0.25) is 15.9 Å². The Morgan fingerprint density at radius 1 is 1.06 bits per heavy atom. The average Bonchev–Trinajstić information content (AvgIpc) is 2.74. The first-order valence-electron chi connectivity index (χ1n) is 9.53. The van der Waals surface area contributed by atoms with Crippen LogP contribution in [0.25, 0.3) is 0 Å². The van der Waals surface area contributed by atoms with E-state index in [-0.39, 0.29) is 17.0 Å². The molecule has 0 aliphatic heterocycles. The maximum atomic E-state index is 13.6. The van der Waals surface area contributed by atoms with E-state index in [9.17, 15) is 27.7 Å². The van der Waals surface area contributed by atoms with Crippen molar-refractivity contribution in [2.24, 2.45) is 0 Å². The number of nitrogens with zero attached hydrogens (tertiary/aromatic N) is 1. The van der Waals surface area contributed by atoms with Gasteiger partial charge in [-0.15, -0.1) is 0 Å². The van der Waals surface area contributed by atoms with Crippen LogP contribution in [-0.4, -0.2) is 19.2 Å². The Balaban J connectivity index is 1.86. The van der Waals surface area contributed by atoms with Crippen LogP contribution in [0, 0.1) is 22.9 Å². The first-order valence-corrected chi connectivity index (χ1v) is 11.0. The van der Waals surface area contributed by atoms with Gasteiger partial charge in [0.1, 0.15) is 11.5 Å². The molecule has 0 fully saturated rings. The van der Waals surface area contributed by atoms with Gasteiger partial charge in [-0.25, -0.2) is 17.5 Å². The van der Waals surface area contributed by atoms with Gasteiger partial charge in [-0.2, -0.15) is 0 Å². The van der Waals surface area contributed by atoms with Crippen LogP contribution in [0.4, 0.5) is 15.8 Å². The molecule has 0 aromatic heterocycles. The van der Waals surface area contributed by atoms with Gasteiger partial charge in [0.25, 0.3) is 5.69 Å². The highest BCUT2D eigenvalue weighted by atomic mass is 32.2. The minimum atomic E-state index is -3.97. The number of rotatable bonds is 8. The maximum absolute atomic E-state index is 13.6. The molecule has 0 aliphatic rings. The Labute approximate surface area is 184 Å². The molecule has 0 unspecified atom stereocenters. The van der Waals surface area contributed by atoms with E-state index in [4.69, 9.17) is 0 Å². The van der Waals surface area contributed by atoms with Crippen molar-refractivity contribution in [3.05, 3.63) is 99.9 Å². The highest BCUT2D eigenvalue weighted by Gasteiger charge is 2.25. The second-order valence-electron chi connectivity index (χ2n) is 7.07. The summed E-state index contributed by atoms with van der Waals surface area (Å²) in [4.78, 5) is 23.1. The second kappa shape index (κ2) is 9.67. The number of nitro groups is 1. The van der Waals surface area contributed by atoms with Crippen molar-refractivity contribution in [2.75, 3.05) is 5.32 Å². The predicted octanol–water partition coefficient (Wildman–Crippen LogP) is 4.09. The van der Waals surface area contributed by atoms with Crippen molar-refractivity contribution in [1.82, 2.24) is 4.72 Å². The summed E-state index contributed by atoms with van der Waals surface area (Å²) in [6.45, 7) is 1.83. The van der Waals surface area contributed by atoms with Gasteiger partial charge in [-0.1, -0.05) is 48.0 Å². The summed E-state index contributed by atoms with van der Waals surface area (Å²) in [6.07, 6.45) is -0.372. The number of sulfonamides is 1. The Bertz CT molecular complexity index is 1230. The van der Waals surface area contributed by atoms with E-state index in [1.165, 1.54) is 12.1 Å². The van der Waals surface area contributed by atoms with Gasteiger partial charge < -0.3 is 5.32 Å². The predicted molar refractivity (Wildman–Crippen MR) is 117 cm³/mol. The number of nitrogens with one attached hydrogen (secondary N) is 2. The van der Waals surface area contributed by atoms with Gasteiger partial charge in [0, 0.05) is 18.6 Å². The highest BCUT2D eigenvalue weighted by molar-refractivity contribution is 7.89. The van der Waals surface area contributed by atoms with Gasteiger partial charge in [0.05, 0.1) is 15.9 Å². The minimum absolute atomic E-state index is 0.0326. The first-order chi connectivity index (χ1) is 15.2. The fourth-order valence-electron chi connectivity index (χ4n) is 3.04. The van der Waals surface area contributed by atoms with E-state index in [1.54, 1.807) is 42.5 Å². The number of anilines is 1. The molecule has 10 heteroatoms. The summed E-state index contributed by atoms with van der Waals surface area (Å²) in [6, 6.07) is 16.4. The van der Waals surface area contributed by atoms with Crippen LogP contribution in [0.3, 0.4) is 0 Å². The van der Waals surface area contributed by atoms with Crippen LogP contribution < -0.4 is 10.0 Å². The highest BCUT2D eigenvalue weighted by Crippen LogP contribution is 2.27. The summed E-state index contributed by atoms with van der Waals surface area (Å²) in [7, 11) is -3.97. The third kappa shape index (κ3) is 5.74. The maximum Gasteiger partial charge on any atom is 0.292 e. The molecule has 3 aromatic carbocycles. The minimum Gasteiger partial charge on any atom is -0.320 e. The Kier molecular flexibility index (Phi) is 6.96. The normalized spacial score (nSPS) is 12.2. The zero-order valence-electron chi connectivity index (χ0n) is 17.0. The molecule has 32 heavy (non-hydrogen) atoms. The third-order valence-corrected chi connectivity index (χ3v) is 6.14. The standard InChI is InChI=1S/C22H20FN3O5S/c1-15-7-10-18(11-8-15)32(30,31)25-19(16-5-3-2-4-6-16)14-22(27)24-20-13-17(23)9-12-21(20)26(28)29/h2-13,19,25H,14H2,1H3,(H,24,27)/t19-/m1/s1. The molecule has 166 valence electrons. The number of hydrogen-bond acceptors (Lipinski definition) is 5. The molecule has 3 aromatic rings. The van der Waals surface area contributed by atoms with Crippen molar-refractivity contribution < 1.29 is 22.5 Å². The number of aryl methyl sites for hydroxylation is 1. The molecular formula is C22H20FN3O5S. The molecule has 1 amide bonds. The van der Waals surface area contributed by atoms with Crippen molar-refractivity contribution in [3.63, 3.8) is 0 Å². The number of benzene rings is 3. The number of nitro benzene ring substituents is 1. The topological polar surface area (TPSA) is 118 Å². The lowest BCUT2D eigenvalue weighted by molar-refractivity contribution is -0.384. The zero-order chi connectivity index (χ0) is 23.3.